The summed E-state index contributed by atoms with van der Waals surface area (Å²) in [5, 5.41) is 9.64. The summed E-state index contributed by atoms with van der Waals surface area (Å²) in [6, 6.07) is -0.626. The molecule has 0 saturated heterocycles. The van der Waals surface area contributed by atoms with Gasteiger partial charge in [0.05, 0.1) is 34.4 Å². The van der Waals surface area contributed by atoms with E-state index in [9.17, 15) is 19.5 Å². The van der Waals surface area contributed by atoms with Gasteiger partial charge in [-0.1, -0.05) is 163 Å². The zero-order valence-electron chi connectivity index (χ0n) is 40.3. The number of carboxylic acid groups (broad SMARTS) is 1. The number of carbonyl (C=O) groups is 3. The molecule has 0 aromatic carbocycles. The van der Waals surface area contributed by atoms with Crippen LogP contribution in [0.25, 0.3) is 0 Å². The van der Waals surface area contributed by atoms with Crippen molar-refractivity contribution in [3.05, 3.63) is 85.1 Å². The summed E-state index contributed by atoms with van der Waals surface area (Å²) in [5.41, 5.74) is 0. The van der Waals surface area contributed by atoms with Crippen LogP contribution in [0.3, 0.4) is 0 Å². The quantitative estimate of drug-likeness (QED) is 0.0282. The first-order valence-corrected chi connectivity index (χ1v) is 24.6. The first-order chi connectivity index (χ1) is 30.1. The zero-order valence-corrected chi connectivity index (χ0v) is 40.3. The van der Waals surface area contributed by atoms with Crippen molar-refractivity contribution in [1.29, 1.82) is 0 Å². The number of allylic oxidation sites excluding steroid dienone is 14. The number of unbranched alkanes of at least 4 members (excludes halogenated alkanes) is 15. The molecule has 0 radical (unpaired) electrons. The summed E-state index contributed by atoms with van der Waals surface area (Å²) >= 11 is 0. The molecule has 0 aromatic rings. The van der Waals surface area contributed by atoms with Crippen molar-refractivity contribution < 1.29 is 38.2 Å². The first-order valence-electron chi connectivity index (χ1n) is 24.6. The van der Waals surface area contributed by atoms with Gasteiger partial charge in [-0.15, -0.1) is 0 Å². The molecule has 0 rings (SSSR count). The molecular weight excluding hydrogens is 775 g/mol. The molecule has 8 nitrogen and oxygen atoms in total. The molecule has 0 amide bonds. The summed E-state index contributed by atoms with van der Waals surface area (Å²) in [7, 11) is 5.51. The number of carbonyl (C=O) groups excluding carboxylic acids is 2. The van der Waals surface area contributed by atoms with Crippen molar-refractivity contribution in [2.24, 2.45) is 0 Å². The summed E-state index contributed by atoms with van der Waals surface area (Å²) in [6.07, 6.45) is 57.7. The molecule has 1 N–H and O–H groups in total. The second-order valence-corrected chi connectivity index (χ2v) is 17.3. The van der Waals surface area contributed by atoms with Crippen LogP contribution in [0.5, 0.6) is 0 Å². The van der Waals surface area contributed by atoms with Gasteiger partial charge in [0.2, 0.25) is 0 Å². The fourth-order valence-corrected chi connectivity index (χ4v) is 6.74. The number of quaternary nitrogens is 1. The van der Waals surface area contributed by atoms with Gasteiger partial charge in [-0.25, -0.2) is 4.79 Å². The first kappa shape index (κ1) is 58.5. The van der Waals surface area contributed by atoms with E-state index in [4.69, 9.17) is 14.2 Å². The Kier molecular flexibility index (Phi) is 41.6. The Bertz CT molecular complexity index is 1290. The molecule has 0 bridgehead atoms. The normalized spacial score (nSPS) is 13.6. The lowest BCUT2D eigenvalue weighted by atomic mass is 10.1. The Labute approximate surface area is 380 Å². The lowest BCUT2D eigenvalue weighted by Gasteiger charge is -2.31. The third kappa shape index (κ3) is 41.8. The van der Waals surface area contributed by atoms with Gasteiger partial charge in [0.1, 0.15) is 6.61 Å². The van der Waals surface area contributed by atoms with Gasteiger partial charge < -0.3 is 23.8 Å². The highest BCUT2D eigenvalue weighted by atomic mass is 16.6. The van der Waals surface area contributed by atoms with Gasteiger partial charge in [0, 0.05) is 19.3 Å². The van der Waals surface area contributed by atoms with Crippen molar-refractivity contribution in [3.63, 3.8) is 0 Å². The Morgan fingerprint density at radius 2 is 0.903 bits per heavy atom. The van der Waals surface area contributed by atoms with Crippen molar-refractivity contribution in [3.8, 4) is 0 Å². The molecule has 0 aliphatic carbocycles. The molecule has 0 fully saturated rings. The van der Waals surface area contributed by atoms with E-state index in [0.29, 0.717) is 19.3 Å². The zero-order chi connectivity index (χ0) is 45.6. The SMILES string of the molecule is CC/C=C/C/C=C/C/C=C/C/C=C/C/C=C/C/C=C/CCCCCC(=O)OCC(COCCC(C(=O)O)[N+](C)(C)C)OC(=O)CCCCCCC/C=C/CCCCCCCCC. The number of nitrogens with zero attached hydrogens (tertiary/aromatic N) is 1. The average Bonchev–Trinajstić information content (AvgIpc) is 3.23. The summed E-state index contributed by atoms with van der Waals surface area (Å²) in [5.74, 6) is -1.53. The molecule has 8 heteroatoms. The monoisotopic (exact) mass is 867 g/mol. The number of hydrogen-bond donors (Lipinski definition) is 1. The number of hydrogen-bond acceptors (Lipinski definition) is 6. The highest BCUT2D eigenvalue weighted by Crippen LogP contribution is 2.13. The Morgan fingerprint density at radius 1 is 0.500 bits per heavy atom. The highest BCUT2D eigenvalue weighted by Gasteiger charge is 2.31. The molecule has 0 aliphatic heterocycles. The van der Waals surface area contributed by atoms with E-state index in [2.05, 4.69) is 98.9 Å². The minimum Gasteiger partial charge on any atom is -0.477 e. The van der Waals surface area contributed by atoms with Gasteiger partial charge >= 0.3 is 17.9 Å². The number of aliphatic carboxylic acids is 1. The molecule has 0 saturated carbocycles. The maximum absolute atomic E-state index is 12.8. The van der Waals surface area contributed by atoms with E-state index < -0.39 is 18.1 Å². The van der Waals surface area contributed by atoms with E-state index >= 15 is 0 Å². The van der Waals surface area contributed by atoms with Crippen LogP contribution < -0.4 is 0 Å². The number of esters is 2. The lowest BCUT2D eigenvalue weighted by molar-refractivity contribution is -0.887. The topological polar surface area (TPSA) is 99.1 Å². The van der Waals surface area contributed by atoms with Crippen LogP contribution in [0, 0.1) is 0 Å². The third-order valence-electron chi connectivity index (χ3n) is 10.5. The van der Waals surface area contributed by atoms with Crippen LogP contribution in [-0.4, -0.2) is 80.6 Å². The van der Waals surface area contributed by atoms with Gasteiger partial charge in [0.15, 0.2) is 12.1 Å². The second-order valence-electron chi connectivity index (χ2n) is 17.3. The van der Waals surface area contributed by atoms with Gasteiger partial charge in [-0.2, -0.15) is 0 Å². The fourth-order valence-electron chi connectivity index (χ4n) is 6.74. The summed E-state index contributed by atoms with van der Waals surface area (Å²) in [4.78, 5) is 37.1. The van der Waals surface area contributed by atoms with E-state index in [1.54, 1.807) is 0 Å². The van der Waals surface area contributed by atoms with Gasteiger partial charge in [-0.3, -0.25) is 9.59 Å². The fraction of sp³-hybridized carbons (Fsp3) is 0.685. The third-order valence-corrected chi connectivity index (χ3v) is 10.5. The van der Waals surface area contributed by atoms with E-state index in [1.807, 2.05) is 21.1 Å². The average molecular weight is 867 g/mol. The van der Waals surface area contributed by atoms with Crippen LogP contribution in [0.4, 0.5) is 0 Å². The van der Waals surface area contributed by atoms with E-state index in [-0.39, 0.29) is 36.2 Å². The Hall–Kier alpha value is -3.49. The number of rotatable bonds is 43. The Morgan fingerprint density at radius 3 is 1.37 bits per heavy atom. The molecule has 0 aromatic heterocycles. The summed E-state index contributed by atoms with van der Waals surface area (Å²) < 4.78 is 17.3. The lowest BCUT2D eigenvalue weighted by Crippen LogP contribution is -2.50. The highest BCUT2D eigenvalue weighted by molar-refractivity contribution is 5.72. The maximum atomic E-state index is 12.8. The van der Waals surface area contributed by atoms with Gasteiger partial charge in [-0.05, 0) is 89.9 Å². The minimum absolute atomic E-state index is 0.0426. The van der Waals surface area contributed by atoms with Crippen LogP contribution in [0.1, 0.15) is 187 Å². The predicted molar refractivity (Wildman–Crippen MR) is 261 cm³/mol. The minimum atomic E-state index is -0.884. The predicted octanol–water partition coefficient (Wildman–Crippen LogP) is 14.1. The van der Waals surface area contributed by atoms with Crippen LogP contribution >= 0.6 is 0 Å². The number of ether oxygens (including phenoxy) is 3. The van der Waals surface area contributed by atoms with Gasteiger partial charge in [0.25, 0.3) is 0 Å². The van der Waals surface area contributed by atoms with Crippen LogP contribution in [0.15, 0.2) is 85.1 Å². The number of likely N-dealkylation sites (N-methyl/N-ethyl adjacent to an activating group) is 1. The molecule has 0 aliphatic rings. The summed E-state index contributed by atoms with van der Waals surface area (Å²) in [6.45, 7) is 4.57. The molecule has 62 heavy (non-hydrogen) atoms. The van der Waals surface area contributed by atoms with E-state index in [1.165, 1.54) is 57.8 Å². The Balaban J connectivity index is 4.37. The standard InChI is InChI=1S/C54H91NO7/c1-6-8-10-12-14-16-18-20-22-24-25-26-27-28-29-31-32-34-36-38-40-42-44-52(56)61-49-50(48-60-47-46-51(54(58)59)55(3,4)5)62-53(57)45-43-41-39-37-35-33-30-23-21-19-17-15-13-11-9-7-2/h8,10,14,16,20,22-23,25-26,28-30,32,34,50-51H,6-7,9,11-13,15,17-19,21,24,27,31,33,35-49H2,1-5H3/p+1/b10-8+,16-14+,22-20+,26-25+,29-28+,30-23+,34-32+. The van der Waals surface area contributed by atoms with Crippen molar-refractivity contribution in [2.75, 3.05) is 41.0 Å². The molecule has 2 atom stereocenters. The largest absolute Gasteiger partial charge is 0.477 e. The molecule has 354 valence electrons. The number of carboxylic acids is 1. The van der Waals surface area contributed by atoms with E-state index in [0.717, 1.165) is 96.3 Å². The van der Waals surface area contributed by atoms with Crippen LogP contribution in [-0.2, 0) is 28.6 Å². The molecular formula is C54H92NO7+. The molecule has 0 heterocycles. The van der Waals surface area contributed by atoms with Crippen molar-refractivity contribution in [2.45, 2.75) is 199 Å². The van der Waals surface area contributed by atoms with Crippen molar-refractivity contribution in [1.82, 2.24) is 0 Å². The maximum Gasteiger partial charge on any atom is 0.362 e. The smallest absolute Gasteiger partial charge is 0.362 e. The van der Waals surface area contributed by atoms with Crippen molar-refractivity contribution >= 4 is 17.9 Å². The second kappa shape index (κ2) is 44.1. The van der Waals surface area contributed by atoms with Crippen LogP contribution in [0.2, 0.25) is 0 Å². The molecule has 0 spiro atoms. The molecule has 2 unspecified atom stereocenters.